The number of hydrogen-bond acceptors (Lipinski definition) is 3. The molecule has 1 N–H and O–H groups in total. The lowest BCUT2D eigenvalue weighted by Gasteiger charge is -2.07. The molecule has 0 saturated carbocycles. The molecule has 0 heterocycles. The van der Waals surface area contributed by atoms with Crippen LogP contribution in [0, 0.1) is 0 Å². The van der Waals surface area contributed by atoms with Gasteiger partial charge in [-0.2, -0.15) is 0 Å². The molecule has 3 nitrogen and oxygen atoms in total. The molecule has 88 valence electrons. The van der Waals surface area contributed by atoms with Crippen LogP contribution in [0.5, 0.6) is 0 Å². The Kier molecular flexibility index (Phi) is 3.44. The molecule has 2 aromatic rings. The van der Waals surface area contributed by atoms with Gasteiger partial charge in [0.2, 0.25) is 0 Å². The van der Waals surface area contributed by atoms with Crippen molar-refractivity contribution in [3.8, 4) is 0 Å². The van der Waals surface area contributed by atoms with Crippen molar-refractivity contribution in [2.24, 2.45) is 0 Å². The van der Waals surface area contributed by atoms with Crippen LogP contribution in [0.2, 0.25) is 0 Å². The third kappa shape index (κ3) is 3.07. The summed E-state index contributed by atoms with van der Waals surface area (Å²) >= 11 is 0. The van der Waals surface area contributed by atoms with E-state index in [9.17, 15) is 8.42 Å². The van der Waals surface area contributed by atoms with E-state index in [4.69, 9.17) is 0 Å². The molecule has 2 aromatic carbocycles. The summed E-state index contributed by atoms with van der Waals surface area (Å²) in [7, 11) is -3.27. The second-order valence-corrected chi connectivity index (χ2v) is 5.60. The van der Waals surface area contributed by atoms with Crippen LogP contribution < -0.4 is 5.32 Å². The standard InChI is InChI=1S/C13H13NO2S/c15-17(16,13-9-5-2-6-10-13)11-14-12-7-3-1-4-8-12/h1-10,14H,11H2. The van der Waals surface area contributed by atoms with Crippen LogP contribution in [-0.4, -0.2) is 14.3 Å². The van der Waals surface area contributed by atoms with Crippen molar-refractivity contribution in [2.45, 2.75) is 4.90 Å². The van der Waals surface area contributed by atoms with Gasteiger partial charge in [-0.05, 0) is 24.3 Å². The van der Waals surface area contributed by atoms with E-state index in [2.05, 4.69) is 5.32 Å². The largest absolute Gasteiger partial charge is 0.371 e. The zero-order chi connectivity index (χ0) is 12.1. The van der Waals surface area contributed by atoms with Gasteiger partial charge < -0.3 is 5.32 Å². The van der Waals surface area contributed by atoms with Gasteiger partial charge >= 0.3 is 0 Å². The van der Waals surface area contributed by atoms with Crippen LogP contribution in [0.3, 0.4) is 0 Å². The van der Waals surface area contributed by atoms with Crippen LogP contribution in [0.25, 0.3) is 0 Å². The Morgan fingerprint density at radius 2 is 1.35 bits per heavy atom. The molecule has 17 heavy (non-hydrogen) atoms. The van der Waals surface area contributed by atoms with Crippen LogP contribution in [0.15, 0.2) is 65.6 Å². The Balaban J connectivity index is 2.09. The van der Waals surface area contributed by atoms with Crippen molar-refractivity contribution in [1.29, 1.82) is 0 Å². The Hall–Kier alpha value is -1.81. The summed E-state index contributed by atoms with van der Waals surface area (Å²) in [5.41, 5.74) is 0.798. The van der Waals surface area contributed by atoms with Gasteiger partial charge in [-0.25, -0.2) is 8.42 Å². The zero-order valence-electron chi connectivity index (χ0n) is 9.21. The third-order valence-electron chi connectivity index (χ3n) is 2.34. The molecule has 0 radical (unpaired) electrons. The predicted molar refractivity (Wildman–Crippen MR) is 68.6 cm³/mol. The van der Waals surface area contributed by atoms with Crippen LogP contribution in [0.1, 0.15) is 0 Å². The lowest BCUT2D eigenvalue weighted by atomic mass is 10.3. The summed E-state index contributed by atoms with van der Waals surface area (Å²) in [6.07, 6.45) is 0. The SMILES string of the molecule is O=S(=O)(CNc1ccccc1)c1ccccc1. The van der Waals surface area contributed by atoms with Crippen molar-refractivity contribution in [2.75, 3.05) is 11.2 Å². The molecule has 2 rings (SSSR count). The number of sulfone groups is 1. The molecule has 0 bridgehead atoms. The van der Waals surface area contributed by atoms with Gasteiger partial charge in [0.25, 0.3) is 0 Å². The van der Waals surface area contributed by atoms with E-state index in [0.29, 0.717) is 4.90 Å². The van der Waals surface area contributed by atoms with Gasteiger partial charge in [0.1, 0.15) is 5.88 Å². The highest BCUT2D eigenvalue weighted by Crippen LogP contribution is 2.12. The van der Waals surface area contributed by atoms with Crippen molar-refractivity contribution in [3.05, 3.63) is 60.7 Å². The van der Waals surface area contributed by atoms with Crippen LogP contribution in [0.4, 0.5) is 5.69 Å². The van der Waals surface area contributed by atoms with Crippen LogP contribution >= 0.6 is 0 Å². The molecular formula is C13H13NO2S. The summed E-state index contributed by atoms with van der Waals surface area (Å²) in [6.45, 7) is 0. The maximum atomic E-state index is 11.9. The summed E-state index contributed by atoms with van der Waals surface area (Å²) in [6, 6.07) is 17.7. The number of rotatable bonds is 4. The average molecular weight is 247 g/mol. The van der Waals surface area contributed by atoms with E-state index in [1.165, 1.54) is 0 Å². The maximum absolute atomic E-state index is 11.9. The Bertz CT molecular complexity index is 565. The first kappa shape index (κ1) is 11.7. The molecule has 0 spiro atoms. The fourth-order valence-corrected chi connectivity index (χ4v) is 2.54. The first-order chi connectivity index (χ1) is 8.18. The highest BCUT2D eigenvalue weighted by molar-refractivity contribution is 7.91. The van der Waals surface area contributed by atoms with Crippen LogP contribution in [-0.2, 0) is 9.84 Å². The number of para-hydroxylation sites is 1. The van der Waals surface area contributed by atoms with Crippen molar-refractivity contribution < 1.29 is 8.42 Å². The number of hydrogen-bond donors (Lipinski definition) is 1. The summed E-state index contributed by atoms with van der Waals surface area (Å²) in [5.74, 6) is -0.0962. The van der Waals surface area contributed by atoms with Gasteiger partial charge in [-0.3, -0.25) is 0 Å². The van der Waals surface area contributed by atoms with Crippen molar-refractivity contribution >= 4 is 15.5 Å². The second-order valence-electron chi connectivity index (χ2n) is 3.61. The topological polar surface area (TPSA) is 46.2 Å². The van der Waals surface area contributed by atoms with E-state index in [-0.39, 0.29) is 5.88 Å². The molecular weight excluding hydrogens is 234 g/mol. The minimum absolute atomic E-state index is 0.0962. The summed E-state index contributed by atoms with van der Waals surface area (Å²) in [5, 5.41) is 2.90. The minimum Gasteiger partial charge on any atom is -0.371 e. The monoisotopic (exact) mass is 247 g/mol. The molecule has 0 atom stereocenters. The molecule has 0 aliphatic carbocycles. The fraction of sp³-hybridized carbons (Fsp3) is 0.0769. The van der Waals surface area contributed by atoms with Crippen molar-refractivity contribution in [3.63, 3.8) is 0 Å². The molecule has 0 unspecified atom stereocenters. The Morgan fingerprint density at radius 1 is 0.824 bits per heavy atom. The van der Waals surface area contributed by atoms with Gasteiger partial charge in [-0.15, -0.1) is 0 Å². The molecule has 0 saturated heterocycles. The lowest BCUT2D eigenvalue weighted by molar-refractivity contribution is 0.598. The summed E-state index contributed by atoms with van der Waals surface area (Å²) in [4.78, 5) is 0.337. The number of anilines is 1. The van der Waals surface area contributed by atoms with E-state index in [0.717, 1.165) is 5.69 Å². The highest BCUT2D eigenvalue weighted by atomic mass is 32.2. The molecule has 0 aromatic heterocycles. The molecule has 0 fully saturated rings. The zero-order valence-corrected chi connectivity index (χ0v) is 10.0. The predicted octanol–water partition coefficient (Wildman–Crippen LogP) is 2.53. The number of benzene rings is 2. The third-order valence-corrected chi connectivity index (χ3v) is 3.86. The van der Waals surface area contributed by atoms with Gasteiger partial charge in [0.15, 0.2) is 9.84 Å². The van der Waals surface area contributed by atoms with E-state index < -0.39 is 9.84 Å². The fourth-order valence-electron chi connectivity index (χ4n) is 1.45. The van der Waals surface area contributed by atoms with Gasteiger partial charge in [0.05, 0.1) is 4.90 Å². The minimum atomic E-state index is -3.27. The highest BCUT2D eigenvalue weighted by Gasteiger charge is 2.12. The van der Waals surface area contributed by atoms with Crippen molar-refractivity contribution in [1.82, 2.24) is 0 Å². The van der Waals surface area contributed by atoms with Gasteiger partial charge in [0, 0.05) is 5.69 Å². The maximum Gasteiger partial charge on any atom is 0.196 e. The number of nitrogens with one attached hydrogen (secondary N) is 1. The normalized spacial score (nSPS) is 11.1. The first-order valence-corrected chi connectivity index (χ1v) is 6.90. The van der Waals surface area contributed by atoms with Gasteiger partial charge in [-0.1, -0.05) is 36.4 Å². The Labute approximate surface area is 101 Å². The Morgan fingerprint density at radius 3 is 1.94 bits per heavy atom. The first-order valence-electron chi connectivity index (χ1n) is 5.25. The summed E-state index contributed by atoms with van der Waals surface area (Å²) < 4.78 is 23.9. The second kappa shape index (κ2) is 5.01. The average Bonchev–Trinajstić information content (AvgIpc) is 2.39. The van der Waals surface area contributed by atoms with E-state index >= 15 is 0 Å². The quantitative estimate of drug-likeness (QED) is 0.903. The molecule has 0 amide bonds. The molecule has 0 aliphatic rings. The smallest absolute Gasteiger partial charge is 0.196 e. The van der Waals surface area contributed by atoms with E-state index in [1.807, 2.05) is 30.3 Å². The molecule has 4 heteroatoms. The lowest BCUT2D eigenvalue weighted by Crippen LogP contribution is -2.14. The van der Waals surface area contributed by atoms with E-state index in [1.54, 1.807) is 30.3 Å². The molecule has 0 aliphatic heterocycles.